The van der Waals surface area contributed by atoms with Gasteiger partial charge >= 0.3 is 0 Å². The Bertz CT molecular complexity index is 824. The molecule has 0 amide bonds. The summed E-state index contributed by atoms with van der Waals surface area (Å²) < 4.78 is 0. The van der Waals surface area contributed by atoms with Gasteiger partial charge in [0.05, 0.1) is 0 Å². The fourth-order valence-corrected chi connectivity index (χ4v) is 7.03. The zero-order valence-corrected chi connectivity index (χ0v) is 13.6. The van der Waals surface area contributed by atoms with Gasteiger partial charge in [-0.3, -0.25) is 0 Å². The molecule has 6 atom stereocenters. The Morgan fingerprint density at radius 1 is 0.696 bits per heavy atom. The average molecular weight is 302 g/mol. The molecule has 0 saturated heterocycles. The van der Waals surface area contributed by atoms with Crippen LogP contribution in [0.1, 0.15) is 63.5 Å². The predicted molar refractivity (Wildman–Crippen MR) is 93.7 cm³/mol. The summed E-state index contributed by atoms with van der Waals surface area (Å²) in [4.78, 5) is 0. The molecule has 2 heteroatoms. The summed E-state index contributed by atoms with van der Waals surface area (Å²) in [6.07, 6.45) is 1.40. The van der Waals surface area contributed by atoms with E-state index < -0.39 is 0 Å². The highest BCUT2D eigenvalue weighted by Gasteiger charge is 2.67. The smallest absolute Gasteiger partial charge is 0.0319 e. The van der Waals surface area contributed by atoms with Crippen molar-refractivity contribution in [3.05, 3.63) is 57.6 Å². The number of nitrogen functional groups attached to an aromatic ring is 2. The van der Waals surface area contributed by atoms with Gasteiger partial charge in [0.25, 0.3) is 0 Å². The lowest BCUT2D eigenvalue weighted by Gasteiger charge is -2.55. The Kier molecular flexibility index (Phi) is 1.94. The van der Waals surface area contributed by atoms with Crippen LogP contribution in [-0.2, 0) is 0 Å². The van der Waals surface area contributed by atoms with E-state index in [0.717, 1.165) is 46.9 Å². The largest absolute Gasteiger partial charge is 0.399 e. The Balaban J connectivity index is 1.51. The summed E-state index contributed by atoms with van der Waals surface area (Å²) in [6.45, 7) is 4.48. The predicted octanol–water partition coefficient (Wildman–Crippen LogP) is 4.18. The normalized spacial score (nSPS) is 37.3. The van der Waals surface area contributed by atoms with E-state index in [9.17, 15) is 0 Å². The van der Waals surface area contributed by atoms with Crippen molar-refractivity contribution < 1.29 is 0 Å². The number of aryl methyl sites for hydroxylation is 2. The van der Waals surface area contributed by atoms with Crippen LogP contribution in [0.2, 0.25) is 0 Å². The third-order valence-electron chi connectivity index (χ3n) is 7.43. The molecule has 0 heterocycles. The number of hydrogen-bond donors (Lipinski definition) is 2. The molecule has 0 aromatic heterocycles. The van der Waals surface area contributed by atoms with E-state index in [1.807, 2.05) is 0 Å². The van der Waals surface area contributed by atoms with Gasteiger partial charge in [-0.1, -0.05) is 0 Å². The highest BCUT2D eigenvalue weighted by atomic mass is 14.7. The van der Waals surface area contributed by atoms with Crippen LogP contribution in [0.4, 0.5) is 11.4 Å². The number of benzene rings is 2. The number of fused-ring (bicyclic) bond motifs is 14. The number of anilines is 2. The first-order valence-corrected chi connectivity index (χ1v) is 8.86. The first-order valence-electron chi connectivity index (χ1n) is 8.86. The molecular formula is C21H22N2. The summed E-state index contributed by atoms with van der Waals surface area (Å²) in [5.41, 5.74) is 23.3. The minimum Gasteiger partial charge on any atom is -0.399 e. The third-order valence-corrected chi connectivity index (χ3v) is 7.43. The second-order valence-corrected chi connectivity index (χ2v) is 8.35. The van der Waals surface area contributed by atoms with Crippen molar-refractivity contribution in [3.63, 3.8) is 0 Å². The molecule has 116 valence electrons. The fraction of sp³-hybridized carbons (Fsp3) is 0.429. The monoisotopic (exact) mass is 302 g/mol. The van der Waals surface area contributed by atoms with E-state index in [1.165, 1.54) is 17.5 Å². The average Bonchev–Trinajstić information content (AvgIpc) is 2.88. The number of nitrogens with two attached hydrogens (primary N) is 2. The van der Waals surface area contributed by atoms with Gasteiger partial charge in [-0.05, 0) is 113 Å². The molecule has 2 aromatic carbocycles. The zero-order valence-electron chi connectivity index (χ0n) is 13.6. The van der Waals surface area contributed by atoms with Crippen LogP contribution < -0.4 is 11.5 Å². The topological polar surface area (TPSA) is 52.0 Å². The molecule has 23 heavy (non-hydrogen) atoms. The van der Waals surface area contributed by atoms with Gasteiger partial charge in [0.15, 0.2) is 0 Å². The minimum absolute atomic E-state index is 0.767. The maximum Gasteiger partial charge on any atom is 0.0319 e. The van der Waals surface area contributed by atoms with E-state index in [1.54, 1.807) is 22.3 Å². The van der Waals surface area contributed by atoms with Crippen molar-refractivity contribution in [2.45, 2.75) is 43.9 Å². The molecule has 0 spiro atoms. The van der Waals surface area contributed by atoms with Crippen molar-refractivity contribution >= 4 is 11.4 Å². The van der Waals surface area contributed by atoms with Gasteiger partial charge in [-0.25, -0.2) is 0 Å². The Hall–Kier alpha value is -1.96. The van der Waals surface area contributed by atoms with Gasteiger partial charge in [0, 0.05) is 11.4 Å². The molecule has 2 aromatic rings. The molecule has 2 bridgehead atoms. The lowest BCUT2D eigenvalue weighted by Crippen LogP contribution is -2.42. The maximum absolute atomic E-state index is 6.12. The summed E-state index contributed by atoms with van der Waals surface area (Å²) >= 11 is 0. The van der Waals surface area contributed by atoms with Gasteiger partial charge in [0.2, 0.25) is 0 Å². The van der Waals surface area contributed by atoms with Crippen LogP contribution in [0.3, 0.4) is 0 Å². The highest BCUT2D eigenvalue weighted by molar-refractivity contribution is 5.66. The molecule has 6 unspecified atom stereocenters. The molecule has 2 saturated carbocycles. The standard InChI is InChI=1S/C21H22N2/c1-8-3-10(22)5-12-16(8)20-14-7-15(18(12)20)21-17-9(2)4-11(23)6-13(17)19(14)21/h3-6,14-15,18-21H,7,22-23H2,1-2H3. The van der Waals surface area contributed by atoms with Crippen LogP contribution in [0.15, 0.2) is 24.3 Å². The maximum atomic E-state index is 6.12. The summed E-state index contributed by atoms with van der Waals surface area (Å²) in [6, 6.07) is 8.84. The molecule has 2 nitrogen and oxygen atoms in total. The Labute approximate surface area is 136 Å². The van der Waals surface area contributed by atoms with Gasteiger partial charge in [-0.2, -0.15) is 0 Å². The third kappa shape index (κ3) is 1.19. The van der Waals surface area contributed by atoms with Gasteiger partial charge in [-0.15, -0.1) is 0 Å². The second-order valence-electron chi connectivity index (χ2n) is 8.35. The van der Waals surface area contributed by atoms with E-state index in [2.05, 4.69) is 38.1 Å². The highest BCUT2D eigenvalue weighted by Crippen LogP contribution is 2.79. The van der Waals surface area contributed by atoms with Gasteiger partial charge < -0.3 is 11.5 Å². The van der Waals surface area contributed by atoms with E-state index >= 15 is 0 Å². The van der Waals surface area contributed by atoms with Crippen LogP contribution in [0, 0.1) is 25.7 Å². The molecule has 0 aliphatic heterocycles. The van der Waals surface area contributed by atoms with Crippen molar-refractivity contribution in [2.75, 3.05) is 11.5 Å². The number of hydrogen-bond acceptors (Lipinski definition) is 2. The zero-order chi connectivity index (χ0) is 15.6. The summed E-state index contributed by atoms with van der Waals surface area (Å²) in [7, 11) is 0. The van der Waals surface area contributed by atoms with Crippen molar-refractivity contribution in [1.82, 2.24) is 0 Å². The summed E-state index contributed by atoms with van der Waals surface area (Å²) in [5, 5.41) is 0. The molecule has 0 radical (unpaired) electrons. The molecular weight excluding hydrogens is 280 g/mol. The van der Waals surface area contributed by atoms with Crippen LogP contribution in [0.5, 0.6) is 0 Å². The lowest BCUT2D eigenvalue weighted by molar-refractivity contribution is 0.227. The second kappa shape index (κ2) is 3.58. The van der Waals surface area contributed by atoms with Crippen LogP contribution in [0.25, 0.3) is 0 Å². The molecule has 6 rings (SSSR count). The molecule has 4 aliphatic carbocycles. The van der Waals surface area contributed by atoms with Crippen molar-refractivity contribution in [3.8, 4) is 0 Å². The molecule has 2 fully saturated rings. The van der Waals surface area contributed by atoms with Crippen LogP contribution >= 0.6 is 0 Å². The SMILES string of the molecule is Cc1cc(N)cc2c1C1C3CC(C21)C1c2c(C)cc(N)cc2C31. The molecule has 4 aliphatic rings. The van der Waals surface area contributed by atoms with Gasteiger partial charge in [0.1, 0.15) is 0 Å². The van der Waals surface area contributed by atoms with E-state index in [4.69, 9.17) is 11.5 Å². The van der Waals surface area contributed by atoms with Crippen molar-refractivity contribution in [1.29, 1.82) is 0 Å². The first-order chi connectivity index (χ1) is 11.1. The van der Waals surface area contributed by atoms with Crippen LogP contribution in [-0.4, -0.2) is 0 Å². The fourth-order valence-electron chi connectivity index (χ4n) is 7.03. The van der Waals surface area contributed by atoms with E-state index in [-0.39, 0.29) is 0 Å². The minimum atomic E-state index is 0.767. The Morgan fingerprint density at radius 2 is 1.13 bits per heavy atom. The Morgan fingerprint density at radius 3 is 1.57 bits per heavy atom. The lowest BCUT2D eigenvalue weighted by atomic mass is 9.49. The summed E-state index contributed by atoms with van der Waals surface area (Å²) in [5.74, 6) is 4.77. The first kappa shape index (κ1) is 12.5. The van der Waals surface area contributed by atoms with Crippen molar-refractivity contribution in [2.24, 2.45) is 11.8 Å². The quantitative estimate of drug-likeness (QED) is 0.566. The number of rotatable bonds is 0. The van der Waals surface area contributed by atoms with E-state index in [0.29, 0.717) is 0 Å². The molecule has 4 N–H and O–H groups in total.